The molecule has 1 heterocycles. The number of aromatic nitrogens is 2. The third-order valence-corrected chi connectivity index (χ3v) is 6.17. The van der Waals surface area contributed by atoms with Crippen molar-refractivity contribution in [2.75, 3.05) is 30.5 Å². The van der Waals surface area contributed by atoms with Crippen molar-refractivity contribution in [3.8, 4) is 5.69 Å². The van der Waals surface area contributed by atoms with Gasteiger partial charge < -0.3 is 10.6 Å². The van der Waals surface area contributed by atoms with E-state index in [0.717, 1.165) is 17.5 Å². The summed E-state index contributed by atoms with van der Waals surface area (Å²) in [6.07, 6.45) is 1.10. The maximum atomic E-state index is 13.4. The minimum atomic E-state index is -3.57. The Morgan fingerprint density at radius 3 is 2.35 bits per heavy atom. The zero-order chi connectivity index (χ0) is 22.9. The number of sulfonamides is 1. The first-order valence-corrected chi connectivity index (χ1v) is 11.8. The van der Waals surface area contributed by atoms with Gasteiger partial charge in [-0.15, -0.1) is 0 Å². The van der Waals surface area contributed by atoms with Gasteiger partial charge in [0, 0.05) is 37.7 Å². The van der Waals surface area contributed by atoms with Crippen LogP contribution < -0.4 is 20.9 Å². The van der Waals surface area contributed by atoms with Gasteiger partial charge in [0.05, 0.1) is 23.5 Å². The van der Waals surface area contributed by atoms with Gasteiger partial charge in [0.2, 0.25) is 10.0 Å². The Balaban J connectivity index is 2.07. The van der Waals surface area contributed by atoms with Crippen molar-refractivity contribution in [1.82, 2.24) is 14.1 Å². The lowest BCUT2D eigenvalue weighted by atomic mass is 10.1. The molecule has 0 saturated heterocycles. The van der Waals surface area contributed by atoms with Crippen molar-refractivity contribution in [2.45, 2.75) is 19.9 Å². The highest BCUT2D eigenvalue weighted by atomic mass is 32.2. The van der Waals surface area contributed by atoms with E-state index in [2.05, 4.69) is 4.72 Å². The van der Waals surface area contributed by atoms with Crippen LogP contribution in [0.15, 0.2) is 53.3 Å². The van der Waals surface area contributed by atoms with Gasteiger partial charge in [-0.05, 0) is 49.7 Å². The van der Waals surface area contributed by atoms with Gasteiger partial charge in [-0.3, -0.25) is 9.48 Å². The van der Waals surface area contributed by atoms with Crippen LogP contribution >= 0.6 is 0 Å². The molecule has 2 aromatic carbocycles. The van der Waals surface area contributed by atoms with E-state index in [9.17, 15) is 13.2 Å². The van der Waals surface area contributed by atoms with Gasteiger partial charge in [0.15, 0.2) is 0 Å². The van der Waals surface area contributed by atoms with Gasteiger partial charge >= 0.3 is 0 Å². The smallest absolute Gasteiger partial charge is 0.276 e. The average molecular weight is 444 g/mol. The Hall–Kier alpha value is -3.04. The predicted molar refractivity (Wildman–Crippen MR) is 125 cm³/mol. The molecule has 166 valence electrons. The number of nitrogen functional groups attached to an aromatic ring is 1. The van der Waals surface area contributed by atoms with Crippen molar-refractivity contribution < 1.29 is 8.42 Å². The molecule has 3 rings (SSSR count). The molecule has 0 radical (unpaired) electrons. The monoisotopic (exact) mass is 443 g/mol. The molecular weight excluding hydrogens is 414 g/mol. The normalized spacial score (nSPS) is 12.7. The molecule has 1 aromatic heterocycles. The maximum absolute atomic E-state index is 13.4. The molecule has 0 aliphatic rings. The molecule has 3 N–H and O–H groups in total. The Bertz CT molecular complexity index is 1250. The summed E-state index contributed by atoms with van der Waals surface area (Å²) in [5, 5.41) is 0. The number of hydrogen-bond donors (Lipinski definition) is 2. The number of rotatable bonds is 7. The van der Waals surface area contributed by atoms with E-state index in [1.54, 1.807) is 16.4 Å². The molecule has 1 unspecified atom stereocenters. The molecule has 1 atom stereocenters. The van der Waals surface area contributed by atoms with Crippen LogP contribution in [0.4, 0.5) is 11.4 Å². The first-order valence-electron chi connectivity index (χ1n) is 9.88. The third-order valence-electron chi connectivity index (χ3n) is 5.45. The fourth-order valence-electron chi connectivity index (χ4n) is 3.71. The Morgan fingerprint density at radius 1 is 1.13 bits per heavy atom. The van der Waals surface area contributed by atoms with Gasteiger partial charge in [0.25, 0.3) is 5.56 Å². The van der Waals surface area contributed by atoms with Crippen LogP contribution in [0, 0.1) is 13.8 Å². The third kappa shape index (κ3) is 4.83. The quantitative estimate of drug-likeness (QED) is 0.545. The van der Waals surface area contributed by atoms with Crippen LogP contribution in [0.3, 0.4) is 0 Å². The molecule has 0 fully saturated rings. The highest BCUT2D eigenvalue weighted by Gasteiger charge is 2.27. The molecule has 8 nitrogen and oxygen atoms in total. The van der Waals surface area contributed by atoms with Crippen molar-refractivity contribution >= 4 is 21.4 Å². The number of benzene rings is 2. The maximum Gasteiger partial charge on any atom is 0.276 e. The SMILES string of the molecule is Cc1cc(N(C)CC(NS(C)(=O)=O)c2c(C)n(C)n(-c3ccccc3)c2=O)ccc1N. The molecule has 31 heavy (non-hydrogen) atoms. The van der Waals surface area contributed by atoms with Gasteiger partial charge in [-0.2, -0.15) is 0 Å². The minimum Gasteiger partial charge on any atom is -0.399 e. The molecule has 0 saturated carbocycles. The van der Waals surface area contributed by atoms with E-state index in [1.807, 2.05) is 74.3 Å². The number of nitrogens with two attached hydrogens (primary N) is 1. The summed E-state index contributed by atoms with van der Waals surface area (Å²) in [6.45, 7) is 4.00. The van der Waals surface area contributed by atoms with Gasteiger partial charge in [0.1, 0.15) is 0 Å². The number of hydrogen-bond acceptors (Lipinski definition) is 5. The van der Waals surface area contributed by atoms with Crippen LogP contribution in [0.5, 0.6) is 0 Å². The van der Waals surface area contributed by atoms with Crippen molar-refractivity contribution in [3.05, 3.63) is 75.7 Å². The van der Waals surface area contributed by atoms with Crippen molar-refractivity contribution in [2.24, 2.45) is 7.05 Å². The average Bonchev–Trinajstić information content (AvgIpc) is 2.91. The largest absolute Gasteiger partial charge is 0.399 e. The second-order valence-corrected chi connectivity index (χ2v) is 9.62. The van der Waals surface area contributed by atoms with Gasteiger partial charge in [-0.1, -0.05) is 18.2 Å². The lowest BCUT2D eigenvalue weighted by Crippen LogP contribution is -2.39. The Morgan fingerprint density at radius 2 is 1.77 bits per heavy atom. The van der Waals surface area contributed by atoms with Crippen molar-refractivity contribution in [1.29, 1.82) is 0 Å². The fraction of sp³-hybridized carbons (Fsp3) is 0.318. The van der Waals surface area contributed by atoms with E-state index < -0.39 is 16.1 Å². The molecule has 0 bridgehead atoms. The zero-order valence-corrected chi connectivity index (χ0v) is 19.3. The highest BCUT2D eigenvalue weighted by Crippen LogP contribution is 2.24. The van der Waals surface area contributed by atoms with Crippen molar-refractivity contribution in [3.63, 3.8) is 0 Å². The Kier molecular flexibility index (Phi) is 6.28. The van der Waals surface area contributed by atoms with Crippen LogP contribution in [0.2, 0.25) is 0 Å². The second-order valence-electron chi connectivity index (χ2n) is 7.84. The zero-order valence-electron chi connectivity index (χ0n) is 18.5. The highest BCUT2D eigenvalue weighted by molar-refractivity contribution is 7.88. The molecule has 0 spiro atoms. The summed E-state index contributed by atoms with van der Waals surface area (Å²) < 4.78 is 30.3. The van der Waals surface area contributed by atoms with E-state index in [1.165, 1.54) is 0 Å². The fourth-order valence-corrected chi connectivity index (χ4v) is 4.42. The lowest BCUT2D eigenvalue weighted by molar-refractivity contribution is 0.558. The summed E-state index contributed by atoms with van der Waals surface area (Å²) >= 11 is 0. The number of nitrogens with zero attached hydrogens (tertiary/aromatic N) is 3. The van der Waals surface area contributed by atoms with Gasteiger partial charge in [-0.25, -0.2) is 17.8 Å². The van der Waals surface area contributed by atoms with E-state index in [-0.39, 0.29) is 12.1 Å². The van der Waals surface area contributed by atoms with Crippen LogP contribution in [-0.4, -0.2) is 37.6 Å². The molecule has 3 aromatic rings. The second kappa shape index (κ2) is 8.60. The minimum absolute atomic E-state index is 0.255. The summed E-state index contributed by atoms with van der Waals surface area (Å²) in [5.74, 6) is 0. The summed E-state index contributed by atoms with van der Waals surface area (Å²) in [5.41, 5.74) is 9.98. The standard InChI is InChI=1S/C22H29N5O3S/c1-15-13-18(11-12-19(15)23)25(3)14-20(24-31(5,29)30)21-16(2)26(4)27(22(21)28)17-9-7-6-8-10-17/h6-13,20,24H,14,23H2,1-5H3. The van der Waals surface area contributed by atoms with E-state index in [0.29, 0.717) is 22.6 Å². The molecule has 9 heteroatoms. The Labute approximate surface area is 182 Å². The summed E-state index contributed by atoms with van der Waals surface area (Å²) in [6, 6.07) is 14.2. The van der Waals surface area contributed by atoms with Crippen LogP contribution in [-0.2, 0) is 17.1 Å². The summed E-state index contributed by atoms with van der Waals surface area (Å²) in [7, 11) is 0.0765. The van der Waals surface area contributed by atoms with E-state index in [4.69, 9.17) is 5.73 Å². The van der Waals surface area contributed by atoms with Crippen LogP contribution in [0.1, 0.15) is 22.9 Å². The van der Waals surface area contributed by atoms with E-state index >= 15 is 0 Å². The summed E-state index contributed by atoms with van der Waals surface area (Å²) in [4.78, 5) is 15.3. The lowest BCUT2D eigenvalue weighted by Gasteiger charge is -2.26. The number of para-hydroxylation sites is 1. The number of anilines is 2. The first kappa shape index (κ1) is 22.6. The molecule has 0 aliphatic heterocycles. The molecule has 0 amide bonds. The topological polar surface area (TPSA) is 102 Å². The number of nitrogens with one attached hydrogen (secondary N) is 1. The molecular formula is C22H29N5O3S. The predicted octanol–water partition coefficient (Wildman–Crippen LogP) is 2.10. The number of aryl methyl sites for hydroxylation is 1. The van der Waals surface area contributed by atoms with Crippen LogP contribution in [0.25, 0.3) is 5.69 Å². The number of likely N-dealkylation sites (N-methyl/N-ethyl adjacent to an activating group) is 1. The molecule has 0 aliphatic carbocycles. The first-order chi connectivity index (χ1) is 14.5.